The van der Waals surface area contributed by atoms with Crippen molar-refractivity contribution in [2.24, 2.45) is 9.98 Å². The maximum atomic E-state index is 6.12. The van der Waals surface area contributed by atoms with Gasteiger partial charge in [0.05, 0.1) is 22.1 Å². The summed E-state index contributed by atoms with van der Waals surface area (Å²) in [5.74, 6) is 0. The first-order valence-electron chi connectivity index (χ1n) is 6.81. The quantitative estimate of drug-likeness (QED) is 0.408. The van der Waals surface area contributed by atoms with Crippen LogP contribution in [0.4, 0.5) is 11.4 Å². The second kappa shape index (κ2) is 3.80. The molecule has 0 aliphatic carbocycles. The van der Waals surface area contributed by atoms with Crippen LogP contribution in [-0.4, -0.2) is 0 Å². The normalized spacial score (nSPS) is 12.8. The SMILES string of the molecule is Clc1ccc2c(c1)-c1ccc3c(c1=N2)=Nc1ccccc1-3. The fourth-order valence-electron chi connectivity index (χ4n) is 3.10. The Morgan fingerprint density at radius 2 is 1.29 bits per heavy atom. The summed E-state index contributed by atoms with van der Waals surface area (Å²) in [6.45, 7) is 0. The van der Waals surface area contributed by atoms with Crippen molar-refractivity contribution in [2.75, 3.05) is 0 Å². The van der Waals surface area contributed by atoms with Crippen molar-refractivity contribution < 1.29 is 0 Å². The molecule has 21 heavy (non-hydrogen) atoms. The Kier molecular flexibility index (Phi) is 2.04. The van der Waals surface area contributed by atoms with Crippen molar-refractivity contribution >= 4 is 23.0 Å². The number of halogens is 1. The van der Waals surface area contributed by atoms with Gasteiger partial charge in [0, 0.05) is 27.3 Å². The summed E-state index contributed by atoms with van der Waals surface area (Å²) in [4.78, 5) is 9.52. The molecule has 0 radical (unpaired) electrons. The molecule has 2 aliphatic rings. The van der Waals surface area contributed by atoms with Crippen LogP contribution in [0.1, 0.15) is 0 Å². The Morgan fingerprint density at radius 1 is 0.619 bits per heavy atom. The Hall–Kier alpha value is -2.45. The average Bonchev–Trinajstić information content (AvgIpc) is 3.05. The summed E-state index contributed by atoms with van der Waals surface area (Å²) in [5.41, 5.74) is 6.53. The van der Waals surface area contributed by atoms with Gasteiger partial charge in [-0.3, -0.25) is 0 Å². The number of hydrogen-bond acceptors (Lipinski definition) is 2. The zero-order valence-electron chi connectivity index (χ0n) is 11.0. The minimum absolute atomic E-state index is 0.734. The second-order valence-electron chi connectivity index (χ2n) is 5.26. The molecule has 3 aromatic rings. The van der Waals surface area contributed by atoms with E-state index in [0.29, 0.717) is 0 Å². The fraction of sp³-hybridized carbons (Fsp3) is 0. The highest BCUT2D eigenvalue weighted by Crippen LogP contribution is 2.37. The highest BCUT2D eigenvalue weighted by atomic mass is 35.5. The number of nitrogens with zero attached hydrogens (tertiary/aromatic N) is 2. The van der Waals surface area contributed by atoms with Crippen LogP contribution in [0.25, 0.3) is 22.3 Å². The van der Waals surface area contributed by atoms with Crippen LogP contribution in [0, 0.1) is 0 Å². The van der Waals surface area contributed by atoms with E-state index in [1.807, 2.05) is 36.4 Å². The molecule has 2 nitrogen and oxygen atoms in total. The summed E-state index contributed by atoms with van der Waals surface area (Å²) in [7, 11) is 0. The van der Waals surface area contributed by atoms with Gasteiger partial charge in [-0.1, -0.05) is 41.9 Å². The van der Waals surface area contributed by atoms with Gasteiger partial charge in [0.15, 0.2) is 0 Å². The van der Waals surface area contributed by atoms with Crippen molar-refractivity contribution in [1.29, 1.82) is 0 Å². The lowest BCUT2D eigenvalue weighted by molar-refractivity contribution is 1.29. The molecule has 98 valence electrons. The predicted molar refractivity (Wildman–Crippen MR) is 84.0 cm³/mol. The zero-order valence-corrected chi connectivity index (χ0v) is 11.7. The lowest BCUT2D eigenvalue weighted by Crippen LogP contribution is -2.25. The third-order valence-corrected chi connectivity index (χ3v) is 4.29. The first kappa shape index (κ1) is 11.2. The third kappa shape index (κ3) is 1.43. The molecule has 2 aliphatic heterocycles. The molecule has 3 aromatic carbocycles. The van der Waals surface area contributed by atoms with Crippen LogP contribution in [0.15, 0.2) is 64.6 Å². The van der Waals surface area contributed by atoms with E-state index < -0.39 is 0 Å². The van der Waals surface area contributed by atoms with Crippen molar-refractivity contribution in [3.05, 3.63) is 70.3 Å². The third-order valence-electron chi connectivity index (χ3n) is 4.06. The van der Waals surface area contributed by atoms with Crippen LogP contribution in [-0.2, 0) is 0 Å². The molecule has 0 amide bonds. The Labute approximate surface area is 126 Å². The Bertz CT molecular complexity index is 1050. The van der Waals surface area contributed by atoms with Gasteiger partial charge in [-0.05, 0) is 24.3 Å². The second-order valence-corrected chi connectivity index (χ2v) is 5.70. The molecular formula is C18H9ClN2. The Morgan fingerprint density at radius 3 is 2.10 bits per heavy atom. The van der Waals surface area contributed by atoms with Gasteiger partial charge in [-0.15, -0.1) is 0 Å². The van der Waals surface area contributed by atoms with Crippen molar-refractivity contribution in [1.82, 2.24) is 0 Å². The van der Waals surface area contributed by atoms with Gasteiger partial charge < -0.3 is 0 Å². The zero-order chi connectivity index (χ0) is 14.0. The van der Waals surface area contributed by atoms with E-state index in [-0.39, 0.29) is 0 Å². The Balaban J connectivity index is 1.90. The highest BCUT2D eigenvalue weighted by Gasteiger charge is 2.21. The predicted octanol–water partition coefficient (Wildman–Crippen LogP) is 4.20. The summed E-state index contributed by atoms with van der Waals surface area (Å²) in [5, 5.41) is 2.67. The van der Waals surface area contributed by atoms with Gasteiger partial charge >= 0.3 is 0 Å². The monoisotopic (exact) mass is 288 g/mol. The summed E-state index contributed by atoms with van der Waals surface area (Å²) < 4.78 is 0. The molecule has 0 saturated carbocycles. The minimum atomic E-state index is 0.734. The van der Waals surface area contributed by atoms with Gasteiger partial charge in [0.2, 0.25) is 0 Å². The topological polar surface area (TPSA) is 24.7 Å². The van der Waals surface area contributed by atoms with E-state index in [1.165, 1.54) is 5.56 Å². The van der Waals surface area contributed by atoms with Crippen LogP contribution in [0.5, 0.6) is 0 Å². The number of rotatable bonds is 0. The van der Waals surface area contributed by atoms with Crippen molar-refractivity contribution in [3.63, 3.8) is 0 Å². The van der Waals surface area contributed by atoms with Crippen molar-refractivity contribution in [3.8, 4) is 22.3 Å². The van der Waals surface area contributed by atoms with E-state index in [4.69, 9.17) is 21.6 Å². The van der Waals surface area contributed by atoms with E-state index in [9.17, 15) is 0 Å². The smallest absolute Gasteiger partial charge is 0.0979 e. The maximum Gasteiger partial charge on any atom is 0.0979 e. The van der Waals surface area contributed by atoms with E-state index in [0.717, 1.165) is 43.8 Å². The molecule has 0 fully saturated rings. The lowest BCUT2D eigenvalue weighted by Gasteiger charge is -2.01. The molecule has 3 heteroatoms. The molecule has 0 unspecified atom stereocenters. The minimum Gasteiger partial charge on any atom is -0.245 e. The molecule has 0 spiro atoms. The van der Waals surface area contributed by atoms with Crippen molar-refractivity contribution in [2.45, 2.75) is 0 Å². The molecule has 0 saturated heterocycles. The molecule has 0 atom stereocenters. The average molecular weight is 289 g/mol. The van der Waals surface area contributed by atoms with E-state index in [1.54, 1.807) is 0 Å². The largest absolute Gasteiger partial charge is 0.245 e. The summed E-state index contributed by atoms with van der Waals surface area (Å²) in [6.07, 6.45) is 0. The standard InChI is InChI=1S/C18H9ClN2/c19-10-5-8-16-14(9-10)13-7-6-12-11-3-1-2-4-15(11)20-17(12)18(13)21-16/h1-9H. The first-order valence-corrected chi connectivity index (χ1v) is 7.19. The number of fused-ring (bicyclic) bond motifs is 7. The van der Waals surface area contributed by atoms with Gasteiger partial charge in [0.1, 0.15) is 0 Å². The number of hydrogen-bond donors (Lipinski definition) is 0. The first-order chi connectivity index (χ1) is 10.3. The molecular weight excluding hydrogens is 280 g/mol. The molecule has 2 heterocycles. The van der Waals surface area contributed by atoms with Crippen LogP contribution >= 0.6 is 11.6 Å². The molecule has 0 bridgehead atoms. The van der Waals surface area contributed by atoms with E-state index in [2.05, 4.69) is 18.2 Å². The van der Waals surface area contributed by atoms with Crippen LogP contribution in [0.2, 0.25) is 5.02 Å². The molecule has 0 aromatic heterocycles. The molecule has 5 rings (SSSR count). The molecule has 0 N–H and O–H groups in total. The van der Waals surface area contributed by atoms with Crippen LogP contribution < -0.4 is 10.7 Å². The summed E-state index contributed by atoms with van der Waals surface area (Å²) >= 11 is 6.12. The van der Waals surface area contributed by atoms with Crippen LogP contribution in [0.3, 0.4) is 0 Å². The lowest BCUT2D eigenvalue weighted by atomic mass is 10.0. The fourth-order valence-corrected chi connectivity index (χ4v) is 3.27. The summed E-state index contributed by atoms with van der Waals surface area (Å²) in [6, 6.07) is 18.3. The maximum absolute atomic E-state index is 6.12. The highest BCUT2D eigenvalue weighted by molar-refractivity contribution is 6.31. The van der Waals surface area contributed by atoms with Gasteiger partial charge in [-0.25, -0.2) is 9.98 Å². The van der Waals surface area contributed by atoms with Gasteiger partial charge in [-0.2, -0.15) is 0 Å². The van der Waals surface area contributed by atoms with Gasteiger partial charge in [0.25, 0.3) is 0 Å². The number of benzene rings is 3. The number of para-hydroxylation sites is 1. The van der Waals surface area contributed by atoms with E-state index >= 15 is 0 Å².